The van der Waals surface area contributed by atoms with Crippen LogP contribution in [-0.4, -0.2) is 26.3 Å². The predicted octanol–water partition coefficient (Wildman–Crippen LogP) is 2.40. The van der Waals surface area contributed by atoms with Crippen LogP contribution in [0.1, 0.15) is 19.4 Å². The Kier molecular flexibility index (Phi) is 6.29. The summed E-state index contributed by atoms with van der Waals surface area (Å²) in [5.74, 6) is -1.58. The van der Waals surface area contributed by atoms with Gasteiger partial charge in [-0.15, -0.1) is 0 Å². The summed E-state index contributed by atoms with van der Waals surface area (Å²) in [6.07, 6.45) is 0. The van der Waals surface area contributed by atoms with Gasteiger partial charge in [0, 0.05) is 12.6 Å². The molecule has 0 aliphatic carbocycles. The van der Waals surface area contributed by atoms with Crippen LogP contribution in [0.2, 0.25) is 0 Å². The van der Waals surface area contributed by atoms with E-state index in [1.54, 1.807) is 13.0 Å². The third kappa shape index (κ3) is 5.60. The molecule has 0 aliphatic heterocycles. The summed E-state index contributed by atoms with van der Waals surface area (Å²) in [7, 11) is -3.98. The predicted molar refractivity (Wildman–Crippen MR) is 100 cm³/mol. The van der Waals surface area contributed by atoms with E-state index in [-0.39, 0.29) is 16.5 Å². The SMILES string of the molecule is CC(=O)Nc1ccc(S(=O)(=O)N[C@@H](C)C(=O)Nc2ccc(C)cc2F)cc1. The van der Waals surface area contributed by atoms with E-state index < -0.39 is 27.8 Å². The van der Waals surface area contributed by atoms with Crippen molar-refractivity contribution in [1.29, 1.82) is 0 Å². The monoisotopic (exact) mass is 393 g/mol. The highest BCUT2D eigenvalue weighted by atomic mass is 32.2. The Hall–Kier alpha value is -2.78. The lowest BCUT2D eigenvalue weighted by molar-refractivity contribution is -0.117. The Morgan fingerprint density at radius 1 is 1.04 bits per heavy atom. The highest BCUT2D eigenvalue weighted by Crippen LogP contribution is 2.17. The van der Waals surface area contributed by atoms with Crippen LogP contribution in [0.5, 0.6) is 0 Å². The van der Waals surface area contributed by atoms with E-state index in [1.807, 2.05) is 0 Å². The summed E-state index contributed by atoms with van der Waals surface area (Å²) < 4.78 is 40.8. The summed E-state index contributed by atoms with van der Waals surface area (Å²) in [6.45, 7) is 4.40. The second-order valence-corrected chi connectivity index (χ2v) is 7.74. The summed E-state index contributed by atoms with van der Waals surface area (Å²) in [5.41, 5.74) is 1.11. The first kappa shape index (κ1) is 20.5. The largest absolute Gasteiger partial charge is 0.326 e. The number of amides is 2. The van der Waals surface area contributed by atoms with E-state index >= 15 is 0 Å². The number of hydrogen-bond donors (Lipinski definition) is 3. The highest BCUT2D eigenvalue weighted by molar-refractivity contribution is 7.89. The normalized spacial score (nSPS) is 12.3. The number of benzene rings is 2. The zero-order valence-corrected chi connectivity index (χ0v) is 15.9. The van der Waals surface area contributed by atoms with Crippen LogP contribution >= 0.6 is 0 Å². The molecule has 2 aromatic carbocycles. The lowest BCUT2D eigenvalue weighted by Crippen LogP contribution is -2.41. The Balaban J connectivity index is 2.07. The summed E-state index contributed by atoms with van der Waals surface area (Å²) in [4.78, 5) is 23.1. The molecule has 2 aromatic rings. The molecule has 0 fully saturated rings. The molecule has 7 nitrogen and oxygen atoms in total. The molecule has 9 heteroatoms. The van der Waals surface area contributed by atoms with Gasteiger partial charge >= 0.3 is 0 Å². The molecule has 0 heterocycles. The molecule has 0 radical (unpaired) electrons. The number of anilines is 2. The molecule has 0 saturated carbocycles. The average molecular weight is 393 g/mol. The second kappa shape index (κ2) is 8.28. The number of halogens is 1. The minimum atomic E-state index is -3.98. The maximum absolute atomic E-state index is 13.8. The van der Waals surface area contributed by atoms with Gasteiger partial charge in [0.05, 0.1) is 16.6 Å². The zero-order valence-electron chi connectivity index (χ0n) is 15.0. The van der Waals surface area contributed by atoms with Crippen LogP contribution in [0.25, 0.3) is 0 Å². The van der Waals surface area contributed by atoms with Gasteiger partial charge in [0.25, 0.3) is 0 Å². The fourth-order valence-electron chi connectivity index (χ4n) is 2.24. The van der Waals surface area contributed by atoms with Crippen molar-refractivity contribution in [3.8, 4) is 0 Å². The highest BCUT2D eigenvalue weighted by Gasteiger charge is 2.22. The van der Waals surface area contributed by atoms with E-state index in [1.165, 1.54) is 50.2 Å². The topological polar surface area (TPSA) is 104 Å². The van der Waals surface area contributed by atoms with Gasteiger partial charge in [-0.05, 0) is 55.8 Å². The molecule has 3 N–H and O–H groups in total. The molecule has 0 aromatic heterocycles. The van der Waals surface area contributed by atoms with Crippen molar-refractivity contribution in [3.63, 3.8) is 0 Å². The van der Waals surface area contributed by atoms with Gasteiger partial charge in [-0.2, -0.15) is 4.72 Å². The van der Waals surface area contributed by atoms with Gasteiger partial charge in [-0.25, -0.2) is 12.8 Å². The molecule has 0 aliphatic rings. The maximum Gasteiger partial charge on any atom is 0.242 e. The Labute approximate surface area is 157 Å². The van der Waals surface area contributed by atoms with Crippen molar-refractivity contribution in [2.24, 2.45) is 0 Å². The minimum Gasteiger partial charge on any atom is -0.326 e. The lowest BCUT2D eigenvalue weighted by Gasteiger charge is -2.15. The van der Waals surface area contributed by atoms with Crippen molar-refractivity contribution in [2.45, 2.75) is 31.7 Å². The van der Waals surface area contributed by atoms with Gasteiger partial charge in [-0.1, -0.05) is 6.07 Å². The first-order valence-corrected chi connectivity index (χ1v) is 9.54. The van der Waals surface area contributed by atoms with Gasteiger partial charge in [0.2, 0.25) is 21.8 Å². The minimum absolute atomic E-state index is 0.0312. The average Bonchev–Trinajstić information content (AvgIpc) is 2.56. The van der Waals surface area contributed by atoms with E-state index in [0.29, 0.717) is 11.3 Å². The molecular formula is C18H20FN3O4S. The number of nitrogens with one attached hydrogen (secondary N) is 3. The molecule has 2 amide bonds. The van der Waals surface area contributed by atoms with Crippen molar-refractivity contribution in [1.82, 2.24) is 4.72 Å². The number of carbonyl (C=O) groups is 2. The fraction of sp³-hybridized carbons (Fsp3) is 0.222. The molecule has 0 spiro atoms. The van der Waals surface area contributed by atoms with Crippen LogP contribution in [0.4, 0.5) is 15.8 Å². The van der Waals surface area contributed by atoms with E-state index in [0.717, 1.165) is 0 Å². The summed E-state index contributed by atoms with van der Waals surface area (Å²) in [6, 6.07) is 8.64. The van der Waals surface area contributed by atoms with Crippen LogP contribution in [0.3, 0.4) is 0 Å². The van der Waals surface area contributed by atoms with Gasteiger partial charge in [-0.3, -0.25) is 9.59 Å². The molecular weight excluding hydrogens is 373 g/mol. The van der Waals surface area contributed by atoms with E-state index in [4.69, 9.17) is 0 Å². The Morgan fingerprint density at radius 2 is 1.67 bits per heavy atom. The number of aryl methyl sites for hydroxylation is 1. The first-order valence-electron chi connectivity index (χ1n) is 8.05. The van der Waals surface area contributed by atoms with E-state index in [2.05, 4.69) is 15.4 Å². The molecule has 27 heavy (non-hydrogen) atoms. The molecule has 144 valence electrons. The molecule has 0 saturated heterocycles. The van der Waals surface area contributed by atoms with Crippen molar-refractivity contribution in [3.05, 3.63) is 53.8 Å². The van der Waals surface area contributed by atoms with Crippen LogP contribution < -0.4 is 15.4 Å². The molecule has 1 atom stereocenters. The Morgan fingerprint density at radius 3 is 2.22 bits per heavy atom. The molecule has 2 rings (SSSR count). The zero-order chi connectivity index (χ0) is 20.2. The number of hydrogen-bond acceptors (Lipinski definition) is 4. The van der Waals surface area contributed by atoms with Crippen molar-refractivity contribution >= 4 is 33.2 Å². The van der Waals surface area contributed by atoms with Gasteiger partial charge in [0.15, 0.2) is 0 Å². The van der Waals surface area contributed by atoms with Crippen molar-refractivity contribution in [2.75, 3.05) is 10.6 Å². The Bertz CT molecular complexity index is 959. The maximum atomic E-state index is 13.8. The van der Waals surface area contributed by atoms with Crippen LogP contribution in [0, 0.1) is 12.7 Å². The van der Waals surface area contributed by atoms with Crippen molar-refractivity contribution < 1.29 is 22.4 Å². The smallest absolute Gasteiger partial charge is 0.242 e. The number of sulfonamides is 1. The molecule has 0 bridgehead atoms. The third-order valence-electron chi connectivity index (χ3n) is 3.59. The summed E-state index contributed by atoms with van der Waals surface area (Å²) in [5, 5.41) is 4.88. The lowest BCUT2D eigenvalue weighted by atomic mass is 10.2. The first-order chi connectivity index (χ1) is 12.6. The van der Waals surface area contributed by atoms with Crippen LogP contribution in [0.15, 0.2) is 47.4 Å². The fourth-order valence-corrected chi connectivity index (χ4v) is 3.44. The number of rotatable bonds is 6. The quantitative estimate of drug-likeness (QED) is 0.701. The van der Waals surface area contributed by atoms with Crippen LogP contribution in [-0.2, 0) is 19.6 Å². The molecule has 0 unspecified atom stereocenters. The van der Waals surface area contributed by atoms with E-state index in [9.17, 15) is 22.4 Å². The third-order valence-corrected chi connectivity index (χ3v) is 5.15. The standard InChI is InChI=1S/C18H20FN3O4S/c1-11-4-9-17(16(19)10-11)21-18(24)12(2)22-27(25,26)15-7-5-14(6-8-15)20-13(3)23/h4-10,12,22H,1-3H3,(H,20,23)(H,21,24)/t12-/m0/s1. The number of carbonyl (C=O) groups excluding carboxylic acids is 2. The van der Waals surface area contributed by atoms with Gasteiger partial charge < -0.3 is 10.6 Å². The summed E-state index contributed by atoms with van der Waals surface area (Å²) >= 11 is 0. The van der Waals surface area contributed by atoms with Gasteiger partial charge in [0.1, 0.15) is 5.82 Å². The second-order valence-electron chi connectivity index (χ2n) is 6.02.